The van der Waals surface area contributed by atoms with E-state index in [2.05, 4.69) is 10.6 Å². The van der Waals surface area contributed by atoms with Gasteiger partial charge in [-0.2, -0.15) is 0 Å². The summed E-state index contributed by atoms with van der Waals surface area (Å²) in [6, 6.07) is 7.41. The Morgan fingerprint density at radius 2 is 2.00 bits per heavy atom. The summed E-state index contributed by atoms with van der Waals surface area (Å²) in [5.74, 6) is 1.53. The Balaban J connectivity index is 1.40. The van der Waals surface area contributed by atoms with Crippen LogP contribution in [0.5, 0.6) is 11.5 Å². The molecule has 0 spiro atoms. The number of furan rings is 1. The van der Waals surface area contributed by atoms with Crippen LogP contribution in [0.15, 0.2) is 41.2 Å². The second-order valence-corrected chi connectivity index (χ2v) is 4.68. The standard InChI is InChI=1S/C15H16N2O4/c18-15(17-8-12-4-6-19-9-12)16-5-3-11-1-2-13-14(7-11)21-10-20-13/h1-2,4,6-7,9H,3,5,8,10H2,(H2,16,17,18). The number of fused-ring (bicyclic) bond motifs is 1. The zero-order valence-electron chi connectivity index (χ0n) is 11.4. The predicted octanol–water partition coefficient (Wildman–Crippen LogP) is 2.05. The van der Waals surface area contributed by atoms with Gasteiger partial charge in [-0.25, -0.2) is 4.79 Å². The zero-order valence-corrected chi connectivity index (χ0v) is 11.4. The van der Waals surface area contributed by atoms with Gasteiger partial charge in [-0.15, -0.1) is 0 Å². The number of benzene rings is 1. The highest BCUT2D eigenvalue weighted by Gasteiger charge is 2.12. The summed E-state index contributed by atoms with van der Waals surface area (Å²) in [6.07, 6.45) is 3.91. The third-order valence-corrected chi connectivity index (χ3v) is 3.17. The molecule has 21 heavy (non-hydrogen) atoms. The summed E-state index contributed by atoms with van der Waals surface area (Å²) >= 11 is 0. The van der Waals surface area contributed by atoms with Crippen LogP contribution in [0.3, 0.4) is 0 Å². The van der Waals surface area contributed by atoms with Gasteiger partial charge in [0.05, 0.1) is 12.5 Å². The van der Waals surface area contributed by atoms with Crippen LogP contribution in [0.25, 0.3) is 0 Å². The molecule has 0 bridgehead atoms. The van der Waals surface area contributed by atoms with E-state index in [-0.39, 0.29) is 12.8 Å². The van der Waals surface area contributed by atoms with Crippen molar-refractivity contribution < 1.29 is 18.7 Å². The number of hydrogen-bond donors (Lipinski definition) is 2. The van der Waals surface area contributed by atoms with Crippen LogP contribution in [0.4, 0.5) is 4.79 Å². The molecular weight excluding hydrogens is 272 g/mol. The van der Waals surface area contributed by atoms with E-state index in [0.29, 0.717) is 13.1 Å². The minimum atomic E-state index is -0.197. The molecule has 0 unspecified atom stereocenters. The van der Waals surface area contributed by atoms with Gasteiger partial charge in [-0.3, -0.25) is 0 Å². The van der Waals surface area contributed by atoms with Crippen LogP contribution in [-0.4, -0.2) is 19.4 Å². The molecule has 0 fully saturated rings. The van der Waals surface area contributed by atoms with Gasteiger partial charge in [-0.1, -0.05) is 6.07 Å². The van der Waals surface area contributed by atoms with Gasteiger partial charge in [0, 0.05) is 18.7 Å². The minimum absolute atomic E-state index is 0.197. The van der Waals surface area contributed by atoms with E-state index in [1.807, 2.05) is 24.3 Å². The molecular formula is C15H16N2O4. The maximum absolute atomic E-state index is 11.6. The van der Waals surface area contributed by atoms with Crippen molar-refractivity contribution in [1.29, 1.82) is 0 Å². The third kappa shape index (κ3) is 3.47. The Labute approximate surface area is 122 Å². The number of rotatable bonds is 5. The van der Waals surface area contributed by atoms with Crippen molar-refractivity contribution in [3.05, 3.63) is 47.9 Å². The van der Waals surface area contributed by atoms with Crippen molar-refractivity contribution in [2.75, 3.05) is 13.3 Å². The van der Waals surface area contributed by atoms with E-state index in [0.717, 1.165) is 29.0 Å². The number of carbonyl (C=O) groups excluding carboxylic acids is 1. The van der Waals surface area contributed by atoms with Crippen molar-refractivity contribution >= 4 is 6.03 Å². The Kier molecular flexibility index (Phi) is 3.95. The monoisotopic (exact) mass is 288 g/mol. The van der Waals surface area contributed by atoms with E-state index >= 15 is 0 Å². The molecule has 1 aliphatic rings. The summed E-state index contributed by atoms with van der Waals surface area (Å²) < 4.78 is 15.5. The van der Waals surface area contributed by atoms with Gasteiger partial charge < -0.3 is 24.5 Å². The molecule has 110 valence electrons. The number of ether oxygens (including phenoxy) is 2. The Hall–Kier alpha value is -2.63. The largest absolute Gasteiger partial charge is 0.472 e. The molecule has 2 N–H and O–H groups in total. The Morgan fingerprint density at radius 3 is 2.86 bits per heavy atom. The van der Waals surface area contributed by atoms with Crippen molar-refractivity contribution in [2.24, 2.45) is 0 Å². The first-order valence-corrected chi connectivity index (χ1v) is 6.72. The normalized spacial score (nSPS) is 12.2. The summed E-state index contributed by atoms with van der Waals surface area (Å²) in [6.45, 7) is 1.27. The molecule has 6 nitrogen and oxygen atoms in total. The highest BCUT2D eigenvalue weighted by molar-refractivity contribution is 5.73. The SMILES string of the molecule is O=C(NCCc1ccc2c(c1)OCO2)NCc1ccoc1. The van der Waals surface area contributed by atoms with Crippen LogP contribution < -0.4 is 20.1 Å². The number of nitrogens with one attached hydrogen (secondary N) is 2. The van der Waals surface area contributed by atoms with Crippen LogP contribution in [-0.2, 0) is 13.0 Å². The third-order valence-electron chi connectivity index (χ3n) is 3.17. The van der Waals surface area contributed by atoms with E-state index in [9.17, 15) is 4.79 Å². The van der Waals surface area contributed by atoms with Gasteiger partial charge in [0.15, 0.2) is 11.5 Å². The highest BCUT2D eigenvalue weighted by atomic mass is 16.7. The van der Waals surface area contributed by atoms with E-state index < -0.39 is 0 Å². The molecule has 1 aliphatic heterocycles. The zero-order chi connectivity index (χ0) is 14.5. The molecule has 2 amide bonds. The Morgan fingerprint density at radius 1 is 1.10 bits per heavy atom. The number of hydrogen-bond acceptors (Lipinski definition) is 4. The Bertz CT molecular complexity index is 610. The summed E-state index contributed by atoms with van der Waals surface area (Å²) in [7, 11) is 0. The smallest absolute Gasteiger partial charge is 0.315 e. The lowest BCUT2D eigenvalue weighted by Gasteiger charge is -2.07. The highest BCUT2D eigenvalue weighted by Crippen LogP contribution is 2.32. The average molecular weight is 288 g/mol. The first kappa shape index (κ1) is 13.4. The van der Waals surface area contributed by atoms with Gasteiger partial charge in [-0.05, 0) is 30.2 Å². The number of carbonyl (C=O) groups is 1. The molecule has 0 saturated carbocycles. The lowest BCUT2D eigenvalue weighted by atomic mass is 10.1. The molecule has 3 rings (SSSR count). The van der Waals surface area contributed by atoms with Gasteiger partial charge in [0.25, 0.3) is 0 Å². The second-order valence-electron chi connectivity index (χ2n) is 4.68. The topological polar surface area (TPSA) is 72.7 Å². The van der Waals surface area contributed by atoms with Crippen LogP contribution >= 0.6 is 0 Å². The molecule has 2 heterocycles. The van der Waals surface area contributed by atoms with Crippen molar-refractivity contribution in [3.8, 4) is 11.5 Å². The molecule has 0 saturated heterocycles. The lowest BCUT2D eigenvalue weighted by molar-refractivity contribution is 0.174. The molecule has 0 radical (unpaired) electrons. The average Bonchev–Trinajstić information content (AvgIpc) is 3.16. The van der Waals surface area contributed by atoms with Crippen LogP contribution in [0.2, 0.25) is 0 Å². The summed E-state index contributed by atoms with van der Waals surface area (Å²) in [4.78, 5) is 11.6. The van der Waals surface area contributed by atoms with Gasteiger partial charge in [0.1, 0.15) is 0 Å². The quantitative estimate of drug-likeness (QED) is 0.883. The van der Waals surface area contributed by atoms with E-state index in [1.54, 1.807) is 12.5 Å². The summed E-state index contributed by atoms with van der Waals surface area (Å²) in [5.41, 5.74) is 2.02. The van der Waals surface area contributed by atoms with E-state index in [1.165, 1.54) is 0 Å². The maximum atomic E-state index is 11.6. The van der Waals surface area contributed by atoms with Gasteiger partial charge >= 0.3 is 6.03 Å². The van der Waals surface area contributed by atoms with Crippen LogP contribution in [0, 0.1) is 0 Å². The molecule has 0 aliphatic carbocycles. The molecule has 2 aromatic rings. The van der Waals surface area contributed by atoms with Crippen molar-refractivity contribution in [1.82, 2.24) is 10.6 Å². The predicted molar refractivity (Wildman–Crippen MR) is 75.2 cm³/mol. The fourth-order valence-corrected chi connectivity index (χ4v) is 2.05. The minimum Gasteiger partial charge on any atom is -0.472 e. The number of amides is 2. The van der Waals surface area contributed by atoms with Crippen molar-refractivity contribution in [2.45, 2.75) is 13.0 Å². The molecule has 6 heteroatoms. The van der Waals surface area contributed by atoms with E-state index in [4.69, 9.17) is 13.9 Å². The molecule has 1 aromatic carbocycles. The number of urea groups is 1. The van der Waals surface area contributed by atoms with Crippen LogP contribution in [0.1, 0.15) is 11.1 Å². The van der Waals surface area contributed by atoms with Gasteiger partial charge in [0.2, 0.25) is 6.79 Å². The first-order valence-electron chi connectivity index (χ1n) is 6.72. The first-order chi connectivity index (χ1) is 10.3. The fraction of sp³-hybridized carbons (Fsp3) is 0.267. The maximum Gasteiger partial charge on any atom is 0.315 e. The summed E-state index contributed by atoms with van der Waals surface area (Å²) in [5, 5.41) is 5.57. The molecule has 1 aromatic heterocycles. The fourth-order valence-electron chi connectivity index (χ4n) is 2.05. The lowest BCUT2D eigenvalue weighted by Crippen LogP contribution is -2.36. The van der Waals surface area contributed by atoms with Crippen molar-refractivity contribution in [3.63, 3.8) is 0 Å². The second kappa shape index (κ2) is 6.21. The molecule has 0 atom stereocenters.